The molecule has 9 heteroatoms. The maximum absolute atomic E-state index is 12.9. The number of benzene rings is 2. The number of sulfone groups is 1. The lowest BCUT2D eigenvalue weighted by molar-refractivity contribution is -0.117. The third-order valence-electron chi connectivity index (χ3n) is 6.04. The van der Waals surface area contributed by atoms with E-state index in [0.717, 1.165) is 13.1 Å². The van der Waals surface area contributed by atoms with Gasteiger partial charge in [0.05, 0.1) is 23.7 Å². The number of nitrogens with zero attached hydrogens (tertiary/aromatic N) is 2. The van der Waals surface area contributed by atoms with E-state index in [-0.39, 0.29) is 35.8 Å². The molecule has 2 aromatic carbocycles. The lowest BCUT2D eigenvalue weighted by Gasteiger charge is -2.37. The molecule has 0 bridgehead atoms. The molecule has 32 heavy (non-hydrogen) atoms. The molecule has 2 fully saturated rings. The Kier molecular flexibility index (Phi) is 6.95. The van der Waals surface area contributed by atoms with Crippen molar-refractivity contribution in [1.82, 2.24) is 9.80 Å². The van der Waals surface area contributed by atoms with Crippen LogP contribution in [0.3, 0.4) is 0 Å². The van der Waals surface area contributed by atoms with Crippen LogP contribution in [0.25, 0.3) is 0 Å². The Morgan fingerprint density at radius 1 is 1.03 bits per heavy atom. The van der Waals surface area contributed by atoms with Crippen molar-refractivity contribution < 1.29 is 18.0 Å². The van der Waals surface area contributed by atoms with Gasteiger partial charge in [-0.2, -0.15) is 0 Å². The molecule has 1 N–H and O–H groups in total. The number of halogens is 1. The zero-order valence-electron chi connectivity index (χ0n) is 17.7. The number of piperazine rings is 1. The van der Waals surface area contributed by atoms with Crippen molar-refractivity contribution >= 4 is 38.8 Å². The van der Waals surface area contributed by atoms with Gasteiger partial charge in [-0.25, -0.2) is 8.42 Å². The molecule has 2 saturated heterocycles. The number of hydrogen-bond acceptors (Lipinski definition) is 6. The van der Waals surface area contributed by atoms with Crippen LogP contribution < -0.4 is 5.32 Å². The molecule has 4 rings (SSSR count). The number of nitrogens with one attached hydrogen (secondary N) is 1. The van der Waals surface area contributed by atoms with E-state index in [4.69, 9.17) is 11.6 Å². The minimum atomic E-state index is -2.90. The molecule has 1 amide bonds. The quantitative estimate of drug-likeness (QED) is 0.645. The third kappa shape index (κ3) is 5.56. The Hall–Kier alpha value is -2.26. The van der Waals surface area contributed by atoms with Gasteiger partial charge in [0.25, 0.3) is 0 Å². The number of amides is 1. The van der Waals surface area contributed by atoms with E-state index in [0.29, 0.717) is 41.3 Å². The molecule has 0 aliphatic carbocycles. The molecule has 7 nitrogen and oxygen atoms in total. The van der Waals surface area contributed by atoms with Gasteiger partial charge in [-0.15, -0.1) is 0 Å². The van der Waals surface area contributed by atoms with E-state index in [1.54, 1.807) is 42.5 Å². The highest BCUT2D eigenvalue weighted by Crippen LogP contribution is 2.24. The molecule has 2 aromatic rings. The van der Waals surface area contributed by atoms with Crippen molar-refractivity contribution in [3.8, 4) is 0 Å². The van der Waals surface area contributed by atoms with Gasteiger partial charge in [-0.3, -0.25) is 19.4 Å². The van der Waals surface area contributed by atoms with Crippen LogP contribution in [0.4, 0.5) is 5.69 Å². The Bertz CT molecular complexity index is 1100. The van der Waals surface area contributed by atoms with Crippen LogP contribution in [0, 0.1) is 0 Å². The van der Waals surface area contributed by atoms with E-state index in [1.807, 2.05) is 11.0 Å². The van der Waals surface area contributed by atoms with Gasteiger partial charge in [0.15, 0.2) is 15.6 Å². The van der Waals surface area contributed by atoms with Gasteiger partial charge >= 0.3 is 0 Å². The van der Waals surface area contributed by atoms with Crippen molar-refractivity contribution in [2.24, 2.45) is 0 Å². The van der Waals surface area contributed by atoms with Crippen molar-refractivity contribution in [2.75, 3.05) is 49.5 Å². The van der Waals surface area contributed by atoms with E-state index >= 15 is 0 Å². The Balaban J connectivity index is 1.35. The number of rotatable bonds is 6. The highest BCUT2D eigenvalue weighted by Gasteiger charge is 2.33. The summed E-state index contributed by atoms with van der Waals surface area (Å²) in [7, 11) is -2.90. The molecule has 2 aliphatic heterocycles. The van der Waals surface area contributed by atoms with E-state index < -0.39 is 9.84 Å². The highest BCUT2D eigenvalue weighted by molar-refractivity contribution is 7.91. The van der Waals surface area contributed by atoms with Crippen LogP contribution in [0.15, 0.2) is 48.5 Å². The fraction of sp³-hybridized carbons (Fsp3) is 0.391. The molecule has 0 radical (unpaired) electrons. The third-order valence-corrected chi connectivity index (χ3v) is 8.02. The largest absolute Gasteiger partial charge is 0.324 e. The van der Waals surface area contributed by atoms with Crippen molar-refractivity contribution in [1.29, 1.82) is 0 Å². The van der Waals surface area contributed by atoms with Crippen LogP contribution in [0.1, 0.15) is 22.3 Å². The smallest absolute Gasteiger partial charge is 0.238 e. The second-order valence-electron chi connectivity index (χ2n) is 8.30. The maximum atomic E-state index is 12.9. The summed E-state index contributed by atoms with van der Waals surface area (Å²) < 4.78 is 23.5. The fourth-order valence-corrected chi connectivity index (χ4v) is 6.23. The number of ketones is 1. The summed E-state index contributed by atoms with van der Waals surface area (Å²) in [5.74, 6) is 0.100. The minimum absolute atomic E-state index is 0.0941. The average molecular weight is 476 g/mol. The van der Waals surface area contributed by atoms with Crippen LogP contribution in [-0.4, -0.2) is 80.2 Å². The van der Waals surface area contributed by atoms with Gasteiger partial charge in [-0.1, -0.05) is 41.9 Å². The normalized spacial score (nSPS) is 21.3. The minimum Gasteiger partial charge on any atom is -0.324 e. The van der Waals surface area contributed by atoms with Gasteiger partial charge in [0.2, 0.25) is 5.91 Å². The van der Waals surface area contributed by atoms with E-state index in [9.17, 15) is 18.0 Å². The predicted molar refractivity (Wildman–Crippen MR) is 125 cm³/mol. The Morgan fingerprint density at radius 3 is 2.41 bits per heavy atom. The summed E-state index contributed by atoms with van der Waals surface area (Å²) >= 11 is 6.11. The fourth-order valence-electron chi connectivity index (χ4n) is 4.30. The van der Waals surface area contributed by atoms with Gasteiger partial charge in [0.1, 0.15) is 0 Å². The zero-order valence-corrected chi connectivity index (χ0v) is 19.2. The lowest BCUT2D eigenvalue weighted by Crippen LogP contribution is -2.52. The zero-order chi connectivity index (χ0) is 22.7. The number of carbonyl (C=O) groups excluding carboxylic acids is 2. The van der Waals surface area contributed by atoms with Gasteiger partial charge in [0, 0.05) is 48.4 Å². The van der Waals surface area contributed by atoms with Crippen LogP contribution in [-0.2, 0) is 14.6 Å². The summed E-state index contributed by atoms with van der Waals surface area (Å²) in [6.07, 6.45) is 0.692. The summed E-state index contributed by atoms with van der Waals surface area (Å²) in [5.41, 5.74) is 1.31. The first-order valence-corrected chi connectivity index (χ1v) is 12.9. The van der Waals surface area contributed by atoms with Gasteiger partial charge in [-0.05, 0) is 24.6 Å². The molecular formula is C23H26ClN3O4S. The Morgan fingerprint density at radius 2 is 1.75 bits per heavy atom. The second-order valence-corrected chi connectivity index (χ2v) is 11.0. The average Bonchev–Trinajstić information content (AvgIpc) is 3.15. The molecule has 0 spiro atoms. The summed E-state index contributed by atoms with van der Waals surface area (Å²) in [4.78, 5) is 29.9. The summed E-state index contributed by atoms with van der Waals surface area (Å²) in [6, 6.07) is 13.8. The second kappa shape index (κ2) is 9.70. The molecule has 2 aliphatic rings. The molecule has 0 saturated carbocycles. The summed E-state index contributed by atoms with van der Waals surface area (Å²) in [6.45, 7) is 3.08. The van der Waals surface area contributed by atoms with Crippen LogP contribution in [0.2, 0.25) is 5.02 Å². The van der Waals surface area contributed by atoms with Crippen molar-refractivity contribution in [3.05, 3.63) is 64.7 Å². The number of hydrogen-bond donors (Lipinski definition) is 1. The molecule has 1 atom stereocenters. The SMILES string of the molecule is O=C(CN1CCN([C@H]2CCS(=O)(=O)C2)CC1)Nc1ccc(Cl)cc1C(=O)c1ccccc1. The molecule has 0 aromatic heterocycles. The van der Waals surface area contributed by atoms with Crippen LogP contribution >= 0.6 is 11.6 Å². The molecule has 0 unspecified atom stereocenters. The first-order chi connectivity index (χ1) is 15.3. The standard InChI is InChI=1S/C23H26ClN3O4S/c24-18-6-7-21(20(14-18)23(29)17-4-2-1-3-5-17)25-22(28)15-26-9-11-27(12-10-26)19-8-13-32(30,31)16-19/h1-7,14,19H,8-13,15-16H2,(H,25,28)/t19-/m0/s1. The first-order valence-electron chi connectivity index (χ1n) is 10.7. The van der Waals surface area contributed by atoms with E-state index in [2.05, 4.69) is 10.2 Å². The summed E-state index contributed by atoms with van der Waals surface area (Å²) in [5, 5.41) is 3.28. The maximum Gasteiger partial charge on any atom is 0.238 e. The van der Waals surface area contributed by atoms with E-state index in [1.165, 1.54) is 0 Å². The molecular weight excluding hydrogens is 450 g/mol. The predicted octanol–water partition coefficient (Wildman–Crippen LogP) is 2.31. The Labute approximate surface area is 193 Å². The molecule has 170 valence electrons. The number of anilines is 1. The highest BCUT2D eigenvalue weighted by atomic mass is 35.5. The lowest BCUT2D eigenvalue weighted by atomic mass is 10.0. The van der Waals surface area contributed by atoms with Crippen LogP contribution in [0.5, 0.6) is 0 Å². The number of carbonyl (C=O) groups is 2. The monoisotopic (exact) mass is 475 g/mol. The van der Waals surface area contributed by atoms with Gasteiger partial charge < -0.3 is 5.32 Å². The topological polar surface area (TPSA) is 86.8 Å². The van der Waals surface area contributed by atoms with Crippen molar-refractivity contribution in [2.45, 2.75) is 12.5 Å². The van der Waals surface area contributed by atoms with Crippen molar-refractivity contribution in [3.63, 3.8) is 0 Å². The first kappa shape index (κ1) is 22.9. The molecule has 2 heterocycles.